The molecule has 2 aromatic heterocycles. The van der Waals surface area contributed by atoms with Crippen molar-refractivity contribution in [1.29, 1.82) is 0 Å². The van der Waals surface area contributed by atoms with Crippen LogP contribution in [-0.4, -0.2) is 15.6 Å². The lowest BCUT2D eigenvalue weighted by molar-refractivity contribution is 0.497. The Morgan fingerprint density at radius 1 is 1.29 bits per heavy atom. The van der Waals surface area contributed by atoms with E-state index in [4.69, 9.17) is 10.7 Å². The van der Waals surface area contributed by atoms with E-state index in [1.807, 2.05) is 6.07 Å². The molecule has 0 aliphatic rings. The van der Waals surface area contributed by atoms with Gasteiger partial charge >= 0.3 is 0 Å². The second-order valence-electron chi connectivity index (χ2n) is 5.51. The molecule has 2 atom stereocenters. The second kappa shape index (κ2) is 5.62. The number of nitrogens with two attached hydrogens (primary N) is 1. The van der Waals surface area contributed by atoms with Crippen LogP contribution in [0.25, 0.3) is 11.0 Å². The zero-order chi connectivity index (χ0) is 15.0. The third kappa shape index (κ3) is 2.39. The van der Waals surface area contributed by atoms with Crippen LogP contribution in [0.4, 0.5) is 0 Å². The largest absolute Gasteiger partial charge is 0.326 e. The molecule has 21 heavy (non-hydrogen) atoms. The van der Waals surface area contributed by atoms with E-state index in [1.54, 1.807) is 11.3 Å². The van der Waals surface area contributed by atoms with Crippen molar-refractivity contribution in [1.82, 2.24) is 9.55 Å². The van der Waals surface area contributed by atoms with E-state index < -0.39 is 0 Å². The van der Waals surface area contributed by atoms with E-state index >= 15 is 0 Å². The van der Waals surface area contributed by atoms with Gasteiger partial charge < -0.3 is 10.3 Å². The molecule has 3 rings (SSSR count). The van der Waals surface area contributed by atoms with Crippen LogP contribution in [0, 0.1) is 6.92 Å². The summed E-state index contributed by atoms with van der Waals surface area (Å²) < 4.78 is 2.33. The fraction of sp³-hybridized carbons (Fsp3) is 0.353. The topological polar surface area (TPSA) is 43.8 Å². The maximum Gasteiger partial charge on any atom is 0.110 e. The van der Waals surface area contributed by atoms with Gasteiger partial charge in [0.1, 0.15) is 5.82 Å². The van der Waals surface area contributed by atoms with E-state index in [2.05, 4.69) is 55.0 Å². The molecule has 0 aliphatic carbocycles. The zero-order valence-corrected chi connectivity index (χ0v) is 13.5. The van der Waals surface area contributed by atoms with Crippen LogP contribution in [-0.2, 0) is 6.42 Å². The standard InChI is InChI=1S/C17H21N3S/c1-4-15-19-13-7-5-6-8-14(13)20(15)16(12(3)18)17-11(2)9-10-21-17/h5-10,12,16H,4,18H2,1-3H3. The predicted molar refractivity (Wildman–Crippen MR) is 90.0 cm³/mol. The molecule has 1 aromatic carbocycles. The number of imidazole rings is 1. The maximum absolute atomic E-state index is 6.36. The molecule has 3 nitrogen and oxygen atoms in total. The Labute approximate surface area is 129 Å². The number of aryl methyl sites for hydroxylation is 2. The normalized spacial score (nSPS) is 14.5. The van der Waals surface area contributed by atoms with Gasteiger partial charge in [0.05, 0.1) is 17.1 Å². The van der Waals surface area contributed by atoms with Gasteiger partial charge in [-0.2, -0.15) is 0 Å². The van der Waals surface area contributed by atoms with Gasteiger partial charge in [-0.1, -0.05) is 19.1 Å². The Bertz CT molecular complexity index is 754. The highest BCUT2D eigenvalue weighted by Gasteiger charge is 2.25. The summed E-state index contributed by atoms with van der Waals surface area (Å²) in [5.74, 6) is 1.10. The molecule has 0 saturated carbocycles. The van der Waals surface area contributed by atoms with Gasteiger partial charge in [0.15, 0.2) is 0 Å². The van der Waals surface area contributed by atoms with Crippen molar-refractivity contribution >= 4 is 22.4 Å². The highest BCUT2D eigenvalue weighted by molar-refractivity contribution is 7.10. The first-order valence-corrected chi connectivity index (χ1v) is 8.26. The summed E-state index contributed by atoms with van der Waals surface area (Å²) in [7, 11) is 0. The van der Waals surface area contributed by atoms with Crippen LogP contribution >= 0.6 is 11.3 Å². The minimum atomic E-state index is 0.0326. The van der Waals surface area contributed by atoms with E-state index in [-0.39, 0.29) is 12.1 Å². The van der Waals surface area contributed by atoms with Gasteiger partial charge in [0.2, 0.25) is 0 Å². The van der Waals surface area contributed by atoms with E-state index in [0.717, 1.165) is 17.8 Å². The number of rotatable bonds is 4. The Morgan fingerprint density at radius 2 is 2.05 bits per heavy atom. The average molecular weight is 299 g/mol. The van der Waals surface area contributed by atoms with Gasteiger partial charge in [-0.15, -0.1) is 11.3 Å². The van der Waals surface area contributed by atoms with Gasteiger partial charge in [-0.05, 0) is 43.0 Å². The van der Waals surface area contributed by atoms with Crippen molar-refractivity contribution in [3.05, 3.63) is 52.0 Å². The number of nitrogens with zero attached hydrogens (tertiary/aromatic N) is 2. The number of hydrogen-bond donors (Lipinski definition) is 1. The minimum Gasteiger partial charge on any atom is -0.326 e. The molecule has 3 aromatic rings. The molecule has 2 unspecified atom stereocenters. The summed E-state index contributed by atoms with van der Waals surface area (Å²) >= 11 is 1.78. The Hall–Kier alpha value is -1.65. The Kier molecular flexibility index (Phi) is 3.83. The third-order valence-corrected chi connectivity index (χ3v) is 5.02. The van der Waals surface area contributed by atoms with Crippen molar-refractivity contribution in [2.45, 2.75) is 39.3 Å². The van der Waals surface area contributed by atoms with Crippen molar-refractivity contribution in [3.8, 4) is 0 Å². The van der Waals surface area contributed by atoms with E-state index in [1.165, 1.54) is 16.0 Å². The summed E-state index contributed by atoms with van der Waals surface area (Å²) in [6.07, 6.45) is 0.905. The van der Waals surface area contributed by atoms with Crippen LogP contribution in [0.1, 0.15) is 36.2 Å². The number of fused-ring (bicyclic) bond motifs is 1. The van der Waals surface area contributed by atoms with Crippen LogP contribution in [0.2, 0.25) is 0 Å². The molecule has 0 spiro atoms. The van der Waals surface area contributed by atoms with Gasteiger partial charge in [-0.3, -0.25) is 0 Å². The number of benzene rings is 1. The maximum atomic E-state index is 6.36. The van der Waals surface area contributed by atoms with Crippen LogP contribution in [0.3, 0.4) is 0 Å². The van der Waals surface area contributed by atoms with Crippen LogP contribution in [0.15, 0.2) is 35.7 Å². The fourth-order valence-corrected chi connectivity index (χ4v) is 4.06. The molecule has 0 aliphatic heterocycles. The SMILES string of the molecule is CCc1nc2ccccc2n1C(c1sccc1C)C(C)N. The van der Waals surface area contributed by atoms with Gasteiger partial charge in [0.25, 0.3) is 0 Å². The second-order valence-corrected chi connectivity index (χ2v) is 6.46. The highest BCUT2D eigenvalue weighted by Crippen LogP contribution is 2.33. The molecule has 110 valence electrons. The minimum absolute atomic E-state index is 0.0326. The van der Waals surface area contributed by atoms with E-state index in [9.17, 15) is 0 Å². The molecule has 0 radical (unpaired) electrons. The monoisotopic (exact) mass is 299 g/mol. The first kappa shape index (κ1) is 14.3. The third-order valence-electron chi connectivity index (χ3n) is 3.93. The lowest BCUT2D eigenvalue weighted by atomic mass is 10.1. The predicted octanol–water partition coefficient (Wildman–Crippen LogP) is 3.91. The smallest absolute Gasteiger partial charge is 0.110 e. The van der Waals surface area contributed by atoms with Crippen molar-refractivity contribution < 1.29 is 0 Å². The van der Waals surface area contributed by atoms with E-state index in [0.29, 0.717) is 0 Å². The molecule has 2 N–H and O–H groups in total. The van der Waals surface area contributed by atoms with Gasteiger partial charge in [-0.25, -0.2) is 4.98 Å². The molecule has 0 amide bonds. The van der Waals surface area contributed by atoms with Crippen molar-refractivity contribution in [2.75, 3.05) is 0 Å². The quantitative estimate of drug-likeness (QED) is 0.794. The Morgan fingerprint density at radius 3 is 2.67 bits per heavy atom. The fourth-order valence-electron chi connectivity index (χ4n) is 2.93. The first-order chi connectivity index (χ1) is 10.1. The van der Waals surface area contributed by atoms with Crippen molar-refractivity contribution in [3.63, 3.8) is 0 Å². The Balaban J connectivity index is 2.27. The molecule has 0 saturated heterocycles. The number of aromatic nitrogens is 2. The number of para-hydroxylation sites is 2. The van der Waals surface area contributed by atoms with Crippen molar-refractivity contribution in [2.24, 2.45) is 5.73 Å². The molecule has 0 bridgehead atoms. The lowest BCUT2D eigenvalue weighted by Gasteiger charge is -2.25. The van der Waals surface area contributed by atoms with Crippen LogP contribution < -0.4 is 5.73 Å². The number of thiophene rings is 1. The molecule has 2 heterocycles. The summed E-state index contributed by atoms with van der Waals surface area (Å²) in [4.78, 5) is 6.12. The molecule has 4 heteroatoms. The average Bonchev–Trinajstić information content (AvgIpc) is 3.04. The lowest BCUT2D eigenvalue weighted by Crippen LogP contribution is -2.31. The summed E-state index contributed by atoms with van der Waals surface area (Å²) in [6, 6.07) is 10.7. The summed E-state index contributed by atoms with van der Waals surface area (Å²) in [5, 5.41) is 2.14. The molecular formula is C17H21N3S. The molecular weight excluding hydrogens is 278 g/mol. The summed E-state index contributed by atoms with van der Waals surface area (Å²) in [5.41, 5.74) is 9.89. The van der Waals surface area contributed by atoms with Crippen LogP contribution in [0.5, 0.6) is 0 Å². The van der Waals surface area contributed by atoms with Gasteiger partial charge in [0, 0.05) is 17.3 Å². The molecule has 0 fully saturated rings. The highest BCUT2D eigenvalue weighted by atomic mass is 32.1. The first-order valence-electron chi connectivity index (χ1n) is 7.39. The number of hydrogen-bond acceptors (Lipinski definition) is 3. The summed E-state index contributed by atoms with van der Waals surface area (Å²) in [6.45, 7) is 6.39. The zero-order valence-electron chi connectivity index (χ0n) is 12.7.